The maximum absolute atomic E-state index is 12.9. The second-order valence-corrected chi connectivity index (χ2v) is 5.89. The van der Waals surface area contributed by atoms with Crippen LogP contribution in [-0.4, -0.2) is 12.5 Å². The molecule has 0 aliphatic rings. The van der Waals surface area contributed by atoms with Gasteiger partial charge >= 0.3 is 6.18 Å². The van der Waals surface area contributed by atoms with Gasteiger partial charge in [-0.1, -0.05) is 51.9 Å². The molecule has 0 atom stereocenters. The molecule has 0 aromatic heterocycles. The molecule has 0 aliphatic heterocycles. The molecular formula is C18H26F3NO2. The van der Waals surface area contributed by atoms with Crippen molar-refractivity contribution in [1.82, 2.24) is 0 Å². The smallest absolute Gasteiger partial charge is 0.417 e. The van der Waals surface area contributed by atoms with E-state index in [-0.39, 0.29) is 5.75 Å². The third kappa shape index (κ3) is 7.23. The summed E-state index contributed by atoms with van der Waals surface area (Å²) >= 11 is 0. The van der Waals surface area contributed by atoms with Gasteiger partial charge in [0.15, 0.2) is 0 Å². The summed E-state index contributed by atoms with van der Waals surface area (Å²) in [7, 11) is 0. The van der Waals surface area contributed by atoms with Gasteiger partial charge in [0.25, 0.3) is 0 Å². The number of benzene rings is 1. The summed E-state index contributed by atoms with van der Waals surface area (Å²) in [4.78, 5) is 11.1. The molecule has 0 bridgehead atoms. The summed E-state index contributed by atoms with van der Waals surface area (Å²) in [5.74, 6) is -0.993. The lowest BCUT2D eigenvalue weighted by Gasteiger charge is -2.13. The van der Waals surface area contributed by atoms with Crippen LogP contribution in [0.4, 0.5) is 13.2 Å². The van der Waals surface area contributed by atoms with E-state index in [1.165, 1.54) is 38.2 Å². The van der Waals surface area contributed by atoms with E-state index >= 15 is 0 Å². The van der Waals surface area contributed by atoms with Gasteiger partial charge < -0.3 is 10.5 Å². The Bertz CT molecular complexity index is 515. The number of halogens is 3. The van der Waals surface area contributed by atoms with Crippen molar-refractivity contribution in [2.45, 2.75) is 64.5 Å². The molecule has 1 amide bonds. The second-order valence-electron chi connectivity index (χ2n) is 5.89. The quantitative estimate of drug-likeness (QED) is 0.552. The third-order valence-corrected chi connectivity index (χ3v) is 3.83. The number of rotatable bonds is 11. The van der Waals surface area contributed by atoms with Gasteiger partial charge in [-0.2, -0.15) is 13.2 Å². The van der Waals surface area contributed by atoms with E-state index in [2.05, 4.69) is 6.92 Å². The summed E-state index contributed by atoms with van der Waals surface area (Å²) in [5, 5.41) is 0. The molecule has 0 aliphatic carbocycles. The van der Waals surface area contributed by atoms with Crippen LogP contribution < -0.4 is 10.5 Å². The van der Waals surface area contributed by atoms with Gasteiger partial charge in [-0.05, 0) is 24.6 Å². The fraction of sp³-hybridized carbons (Fsp3) is 0.611. The minimum atomic E-state index is -4.64. The number of carbonyl (C=O) groups excluding carboxylic acids is 1. The molecule has 1 aromatic rings. The minimum Gasteiger partial charge on any atom is -0.494 e. The van der Waals surface area contributed by atoms with Crippen molar-refractivity contribution in [3.8, 4) is 5.75 Å². The molecule has 0 spiro atoms. The predicted molar refractivity (Wildman–Crippen MR) is 88.1 cm³/mol. The van der Waals surface area contributed by atoms with Gasteiger partial charge in [-0.3, -0.25) is 4.79 Å². The molecule has 0 heterocycles. The maximum atomic E-state index is 12.9. The summed E-state index contributed by atoms with van der Waals surface area (Å²) in [6, 6.07) is 3.25. The molecule has 24 heavy (non-hydrogen) atoms. The van der Waals surface area contributed by atoms with E-state index in [0.717, 1.165) is 31.4 Å². The maximum Gasteiger partial charge on any atom is 0.417 e. The van der Waals surface area contributed by atoms with E-state index in [4.69, 9.17) is 10.5 Å². The highest BCUT2D eigenvalue weighted by Gasteiger charge is 2.35. The summed E-state index contributed by atoms with van der Waals surface area (Å²) in [6.07, 6.45) is 4.45. The largest absolute Gasteiger partial charge is 0.494 e. The van der Waals surface area contributed by atoms with E-state index in [1.54, 1.807) is 0 Å². The normalized spacial score (nSPS) is 11.5. The topological polar surface area (TPSA) is 52.3 Å². The molecular weight excluding hydrogens is 319 g/mol. The first-order valence-electron chi connectivity index (χ1n) is 8.50. The summed E-state index contributed by atoms with van der Waals surface area (Å²) in [6.45, 7) is 2.54. The van der Waals surface area contributed by atoms with Crippen LogP contribution in [0.25, 0.3) is 0 Å². The average molecular weight is 345 g/mol. The van der Waals surface area contributed by atoms with Crippen LogP contribution in [0, 0.1) is 0 Å². The Morgan fingerprint density at radius 3 is 2.17 bits per heavy atom. The van der Waals surface area contributed by atoms with Crippen molar-refractivity contribution in [2.24, 2.45) is 5.73 Å². The van der Waals surface area contributed by atoms with Crippen LogP contribution in [0.3, 0.4) is 0 Å². The Morgan fingerprint density at radius 1 is 1.04 bits per heavy atom. The van der Waals surface area contributed by atoms with E-state index in [0.29, 0.717) is 6.61 Å². The van der Waals surface area contributed by atoms with Crippen LogP contribution in [0.15, 0.2) is 18.2 Å². The van der Waals surface area contributed by atoms with Crippen molar-refractivity contribution in [1.29, 1.82) is 0 Å². The number of hydrogen-bond acceptors (Lipinski definition) is 2. The third-order valence-electron chi connectivity index (χ3n) is 3.83. The predicted octanol–water partition coefficient (Wildman–Crippen LogP) is 5.32. The van der Waals surface area contributed by atoms with Gasteiger partial charge in [0.1, 0.15) is 5.75 Å². The Balaban J connectivity index is 2.40. The van der Waals surface area contributed by atoms with Crippen LogP contribution >= 0.6 is 0 Å². The number of ether oxygens (including phenoxy) is 1. The highest BCUT2D eigenvalue weighted by atomic mass is 19.4. The Hall–Kier alpha value is -1.72. The first kappa shape index (κ1) is 20.3. The second kappa shape index (κ2) is 10.2. The standard InChI is InChI=1S/C18H26F3NO2/c1-2-3-4-5-6-7-8-9-12-24-14-10-11-15(17(22)23)16(13-14)18(19,20)21/h10-11,13H,2-9,12H2,1H3,(H2,22,23). The molecule has 0 saturated heterocycles. The van der Waals surface area contributed by atoms with E-state index in [9.17, 15) is 18.0 Å². The Labute approximate surface area is 141 Å². The molecule has 0 unspecified atom stereocenters. The lowest BCUT2D eigenvalue weighted by Crippen LogP contribution is -2.18. The highest BCUT2D eigenvalue weighted by molar-refractivity contribution is 5.94. The zero-order valence-electron chi connectivity index (χ0n) is 14.1. The zero-order chi connectivity index (χ0) is 18.0. The molecule has 0 fully saturated rings. The van der Waals surface area contributed by atoms with Crippen molar-refractivity contribution < 1.29 is 22.7 Å². The molecule has 0 radical (unpaired) electrons. The Morgan fingerprint density at radius 2 is 1.62 bits per heavy atom. The van der Waals surface area contributed by atoms with Crippen LogP contribution in [0.5, 0.6) is 5.75 Å². The van der Waals surface area contributed by atoms with Gasteiger partial charge in [-0.25, -0.2) is 0 Å². The number of primary amides is 1. The highest BCUT2D eigenvalue weighted by Crippen LogP contribution is 2.34. The average Bonchev–Trinajstić information content (AvgIpc) is 2.52. The Kier molecular flexibility index (Phi) is 8.65. The number of nitrogens with two attached hydrogens (primary N) is 1. The number of alkyl halides is 3. The number of unbranched alkanes of at least 4 members (excludes halogenated alkanes) is 7. The zero-order valence-corrected chi connectivity index (χ0v) is 14.1. The molecule has 1 aromatic carbocycles. The molecule has 1 rings (SSSR count). The lowest BCUT2D eigenvalue weighted by atomic mass is 10.1. The fourth-order valence-corrected chi connectivity index (χ4v) is 2.49. The molecule has 6 heteroatoms. The SMILES string of the molecule is CCCCCCCCCCOc1ccc(C(N)=O)c(C(F)(F)F)c1. The molecule has 0 saturated carbocycles. The molecule has 3 nitrogen and oxygen atoms in total. The van der Waals surface area contributed by atoms with Crippen molar-refractivity contribution in [3.63, 3.8) is 0 Å². The van der Waals surface area contributed by atoms with Crippen LogP contribution in [0.1, 0.15) is 74.2 Å². The first-order chi connectivity index (χ1) is 11.4. The fourth-order valence-electron chi connectivity index (χ4n) is 2.49. The van der Waals surface area contributed by atoms with E-state index in [1.807, 2.05) is 0 Å². The monoisotopic (exact) mass is 345 g/mol. The molecule has 2 N–H and O–H groups in total. The van der Waals surface area contributed by atoms with Crippen molar-refractivity contribution >= 4 is 5.91 Å². The van der Waals surface area contributed by atoms with Crippen molar-refractivity contribution in [2.75, 3.05) is 6.61 Å². The number of hydrogen-bond donors (Lipinski definition) is 1. The molecule has 136 valence electrons. The summed E-state index contributed by atoms with van der Waals surface area (Å²) in [5.41, 5.74) is 3.39. The van der Waals surface area contributed by atoms with Gasteiger partial charge in [0, 0.05) is 0 Å². The lowest BCUT2D eigenvalue weighted by molar-refractivity contribution is -0.138. The number of amides is 1. The van der Waals surface area contributed by atoms with Gasteiger partial charge in [0.05, 0.1) is 17.7 Å². The van der Waals surface area contributed by atoms with Gasteiger partial charge in [0.2, 0.25) is 5.91 Å². The van der Waals surface area contributed by atoms with Crippen LogP contribution in [0.2, 0.25) is 0 Å². The summed E-state index contributed by atoms with van der Waals surface area (Å²) < 4.78 is 44.2. The van der Waals surface area contributed by atoms with E-state index < -0.39 is 23.2 Å². The van der Waals surface area contributed by atoms with Crippen molar-refractivity contribution in [3.05, 3.63) is 29.3 Å². The first-order valence-corrected chi connectivity index (χ1v) is 8.50. The minimum absolute atomic E-state index is 0.107. The van der Waals surface area contributed by atoms with Crippen LogP contribution in [-0.2, 0) is 6.18 Å². The van der Waals surface area contributed by atoms with Gasteiger partial charge in [-0.15, -0.1) is 0 Å². The number of carbonyl (C=O) groups is 1.